The summed E-state index contributed by atoms with van der Waals surface area (Å²) >= 11 is 0. The van der Waals surface area contributed by atoms with Gasteiger partial charge in [-0.05, 0) is 49.4 Å². The highest BCUT2D eigenvalue weighted by molar-refractivity contribution is 6.05. The van der Waals surface area contributed by atoms with E-state index in [4.69, 9.17) is 14.4 Å². The van der Waals surface area contributed by atoms with Crippen LogP contribution in [-0.2, 0) is 4.79 Å². The predicted molar refractivity (Wildman–Crippen MR) is 104 cm³/mol. The summed E-state index contributed by atoms with van der Waals surface area (Å²) in [7, 11) is 0. The number of benzene rings is 3. The average Bonchev–Trinajstić information content (AvgIpc) is 3.06. The second-order valence-electron chi connectivity index (χ2n) is 6.20. The summed E-state index contributed by atoms with van der Waals surface area (Å²) in [6.07, 6.45) is -0.702. The van der Waals surface area contributed by atoms with Gasteiger partial charge in [-0.25, -0.2) is 0 Å². The minimum absolute atomic E-state index is 0.290. The van der Waals surface area contributed by atoms with Crippen molar-refractivity contribution in [3.63, 3.8) is 0 Å². The number of para-hydroxylation sites is 1. The third-order valence-electron chi connectivity index (χ3n) is 4.29. The van der Waals surface area contributed by atoms with Gasteiger partial charge in [0.05, 0.1) is 11.6 Å². The molecule has 0 saturated carbocycles. The zero-order chi connectivity index (χ0) is 18.8. The molecule has 27 heavy (non-hydrogen) atoms. The van der Waals surface area contributed by atoms with E-state index in [2.05, 4.69) is 5.32 Å². The number of rotatable bonds is 4. The number of nitrogens with one attached hydrogen (secondary N) is 1. The largest absolute Gasteiger partial charge is 0.481 e. The monoisotopic (exact) mass is 356 g/mol. The zero-order valence-corrected chi connectivity index (χ0v) is 14.6. The van der Waals surface area contributed by atoms with E-state index in [0.717, 1.165) is 21.9 Å². The Balaban J connectivity index is 1.53. The van der Waals surface area contributed by atoms with Gasteiger partial charge in [0.2, 0.25) is 0 Å². The fourth-order valence-corrected chi connectivity index (χ4v) is 2.95. The average molecular weight is 356 g/mol. The van der Waals surface area contributed by atoms with Crippen molar-refractivity contribution in [3.8, 4) is 11.8 Å². The Hall–Kier alpha value is -3.78. The minimum atomic E-state index is -0.702. The number of amides is 1. The van der Waals surface area contributed by atoms with Crippen LogP contribution in [0.25, 0.3) is 21.9 Å². The Kier molecular flexibility index (Phi) is 4.23. The fourth-order valence-electron chi connectivity index (χ4n) is 2.95. The maximum atomic E-state index is 12.4. The number of carbonyl (C=O) groups excluding carboxylic acids is 1. The van der Waals surface area contributed by atoms with Crippen LogP contribution in [0, 0.1) is 11.3 Å². The van der Waals surface area contributed by atoms with Gasteiger partial charge in [0.1, 0.15) is 16.9 Å². The topological polar surface area (TPSA) is 75.3 Å². The van der Waals surface area contributed by atoms with Crippen LogP contribution in [0.5, 0.6) is 5.75 Å². The van der Waals surface area contributed by atoms with Crippen molar-refractivity contribution in [3.05, 3.63) is 72.3 Å². The standard InChI is InChI=1S/C22H16N2O3/c1-14(22(25)24-16-6-4-5-15(11-16)13-23)26-17-9-10-21-19(12-17)18-7-2-3-8-20(18)27-21/h2-12,14H,1H3,(H,24,25)/t14-/m0/s1. The molecule has 1 N–H and O–H groups in total. The van der Waals surface area contributed by atoms with E-state index >= 15 is 0 Å². The summed E-state index contributed by atoms with van der Waals surface area (Å²) < 4.78 is 11.6. The van der Waals surface area contributed by atoms with Crippen LogP contribution in [0.4, 0.5) is 5.69 Å². The van der Waals surface area contributed by atoms with E-state index in [1.54, 1.807) is 37.3 Å². The quantitative estimate of drug-likeness (QED) is 0.566. The molecule has 1 heterocycles. The predicted octanol–water partition coefficient (Wildman–Crippen LogP) is 4.86. The van der Waals surface area contributed by atoms with Crippen molar-refractivity contribution >= 4 is 33.5 Å². The second-order valence-corrected chi connectivity index (χ2v) is 6.20. The Labute approximate surface area is 155 Å². The van der Waals surface area contributed by atoms with Crippen molar-refractivity contribution in [2.24, 2.45) is 0 Å². The molecular formula is C22H16N2O3. The molecular weight excluding hydrogens is 340 g/mol. The van der Waals surface area contributed by atoms with Gasteiger partial charge in [-0.3, -0.25) is 4.79 Å². The lowest BCUT2D eigenvalue weighted by molar-refractivity contribution is -0.122. The third-order valence-corrected chi connectivity index (χ3v) is 4.29. The second kappa shape index (κ2) is 6.85. The van der Waals surface area contributed by atoms with Gasteiger partial charge in [-0.1, -0.05) is 24.3 Å². The summed E-state index contributed by atoms with van der Waals surface area (Å²) in [6, 6.07) is 22.1. The van der Waals surface area contributed by atoms with Crippen LogP contribution in [0.15, 0.2) is 71.1 Å². The molecule has 4 aromatic rings. The molecule has 1 amide bonds. The molecule has 0 fully saturated rings. The van der Waals surface area contributed by atoms with E-state index < -0.39 is 6.10 Å². The molecule has 132 valence electrons. The maximum Gasteiger partial charge on any atom is 0.265 e. The van der Waals surface area contributed by atoms with Crippen molar-refractivity contribution in [2.45, 2.75) is 13.0 Å². The van der Waals surface area contributed by atoms with Gasteiger partial charge in [0.15, 0.2) is 6.10 Å². The maximum absolute atomic E-state index is 12.4. The number of ether oxygens (including phenoxy) is 1. The zero-order valence-electron chi connectivity index (χ0n) is 14.6. The number of nitriles is 1. The lowest BCUT2D eigenvalue weighted by Crippen LogP contribution is -2.30. The number of fused-ring (bicyclic) bond motifs is 3. The molecule has 0 saturated heterocycles. The lowest BCUT2D eigenvalue weighted by atomic mass is 10.1. The van der Waals surface area contributed by atoms with Gasteiger partial charge in [-0.15, -0.1) is 0 Å². The molecule has 0 spiro atoms. The highest BCUT2D eigenvalue weighted by atomic mass is 16.5. The van der Waals surface area contributed by atoms with Crippen LogP contribution >= 0.6 is 0 Å². The van der Waals surface area contributed by atoms with Gasteiger partial charge >= 0.3 is 0 Å². The molecule has 0 unspecified atom stereocenters. The van der Waals surface area contributed by atoms with Crippen LogP contribution in [-0.4, -0.2) is 12.0 Å². The van der Waals surface area contributed by atoms with E-state index in [1.807, 2.05) is 42.5 Å². The van der Waals surface area contributed by atoms with E-state index in [9.17, 15) is 4.79 Å². The molecule has 3 aromatic carbocycles. The van der Waals surface area contributed by atoms with Crippen LogP contribution in [0.2, 0.25) is 0 Å². The number of carbonyl (C=O) groups is 1. The summed E-state index contributed by atoms with van der Waals surface area (Å²) in [5.41, 5.74) is 2.63. The first kappa shape index (κ1) is 16.7. The van der Waals surface area contributed by atoms with Gasteiger partial charge in [-0.2, -0.15) is 5.26 Å². The number of hydrogen-bond acceptors (Lipinski definition) is 4. The normalized spacial score (nSPS) is 11.9. The lowest BCUT2D eigenvalue weighted by Gasteiger charge is -2.15. The summed E-state index contributed by atoms with van der Waals surface area (Å²) in [6.45, 7) is 1.68. The molecule has 0 aliphatic rings. The summed E-state index contributed by atoms with van der Waals surface area (Å²) in [5, 5.41) is 13.7. The molecule has 0 bridgehead atoms. The fraction of sp³-hybridized carbons (Fsp3) is 0.0909. The number of anilines is 1. The van der Waals surface area contributed by atoms with Crippen molar-refractivity contribution in [2.75, 3.05) is 5.32 Å². The van der Waals surface area contributed by atoms with Crippen LogP contribution in [0.1, 0.15) is 12.5 Å². The third kappa shape index (κ3) is 3.33. The first-order chi connectivity index (χ1) is 13.1. The Morgan fingerprint density at radius 3 is 2.70 bits per heavy atom. The SMILES string of the molecule is C[C@H](Oc1ccc2oc3ccccc3c2c1)C(=O)Nc1cccc(C#N)c1. The molecule has 0 radical (unpaired) electrons. The van der Waals surface area contributed by atoms with Crippen molar-refractivity contribution < 1.29 is 13.9 Å². The molecule has 0 aliphatic heterocycles. The molecule has 1 aromatic heterocycles. The number of hydrogen-bond donors (Lipinski definition) is 1. The smallest absolute Gasteiger partial charge is 0.265 e. The molecule has 5 nitrogen and oxygen atoms in total. The Morgan fingerprint density at radius 1 is 1.04 bits per heavy atom. The summed E-state index contributed by atoms with van der Waals surface area (Å²) in [5.74, 6) is 0.296. The van der Waals surface area contributed by atoms with Crippen LogP contribution in [0.3, 0.4) is 0 Å². The minimum Gasteiger partial charge on any atom is -0.481 e. The number of furan rings is 1. The number of nitrogens with zero attached hydrogens (tertiary/aromatic N) is 1. The van der Waals surface area contributed by atoms with Crippen molar-refractivity contribution in [1.29, 1.82) is 5.26 Å². The highest BCUT2D eigenvalue weighted by Crippen LogP contribution is 2.31. The molecule has 5 heteroatoms. The molecule has 4 rings (SSSR count). The molecule has 0 aliphatic carbocycles. The first-order valence-electron chi connectivity index (χ1n) is 8.53. The van der Waals surface area contributed by atoms with E-state index in [1.165, 1.54) is 0 Å². The first-order valence-corrected chi connectivity index (χ1v) is 8.53. The van der Waals surface area contributed by atoms with Crippen LogP contribution < -0.4 is 10.1 Å². The van der Waals surface area contributed by atoms with Gasteiger partial charge < -0.3 is 14.5 Å². The molecule has 1 atom stereocenters. The Morgan fingerprint density at radius 2 is 1.85 bits per heavy atom. The van der Waals surface area contributed by atoms with Crippen molar-refractivity contribution in [1.82, 2.24) is 0 Å². The summed E-state index contributed by atoms with van der Waals surface area (Å²) in [4.78, 5) is 12.4. The highest BCUT2D eigenvalue weighted by Gasteiger charge is 2.16. The Bertz CT molecular complexity index is 1190. The van der Waals surface area contributed by atoms with E-state index in [-0.39, 0.29) is 5.91 Å². The van der Waals surface area contributed by atoms with Gasteiger partial charge in [0.25, 0.3) is 5.91 Å². The van der Waals surface area contributed by atoms with E-state index in [0.29, 0.717) is 17.0 Å². The van der Waals surface area contributed by atoms with Gasteiger partial charge in [0, 0.05) is 16.5 Å².